The van der Waals surface area contributed by atoms with Crippen molar-refractivity contribution in [2.24, 2.45) is 4.99 Å². The Balaban J connectivity index is 1.40. The van der Waals surface area contributed by atoms with E-state index in [1.165, 1.54) is 11.3 Å². The van der Waals surface area contributed by atoms with Crippen LogP contribution in [0.1, 0.15) is 40.0 Å². The molecular weight excluding hydrogens is 588 g/mol. The predicted octanol–water partition coefficient (Wildman–Crippen LogP) is 5.16. The Morgan fingerprint density at radius 1 is 0.844 bits per heavy atom. The summed E-state index contributed by atoms with van der Waals surface area (Å²) in [7, 11) is 1.56. The van der Waals surface area contributed by atoms with E-state index in [4.69, 9.17) is 19.2 Å². The number of rotatable bonds is 8. The number of fused-ring (bicyclic) bond motifs is 1. The highest BCUT2D eigenvalue weighted by Gasteiger charge is 2.35. The monoisotopic (exact) mass is 616 g/mol. The third-order valence-electron chi connectivity index (χ3n) is 7.20. The molecule has 1 aromatic heterocycles. The minimum Gasteiger partial charge on any atom is -0.497 e. The molecule has 0 aliphatic carbocycles. The molecule has 0 amide bonds. The minimum absolute atomic E-state index is 0.182. The van der Waals surface area contributed by atoms with Crippen LogP contribution in [0.15, 0.2) is 125 Å². The topological polar surface area (TPSA) is 96.2 Å². The number of hydrogen-bond acceptors (Lipinski definition) is 8. The van der Waals surface area contributed by atoms with Gasteiger partial charge in [0.15, 0.2) is 4.80 Å². The van der Waals surface area contributed by atoms with Gasteiger partial charge in [-0.1, -0.05) is 84.1 Å². The summed E-state index contributed by atoms with van der Waals surface area (Å²) >= 11 is 1.24. The van der Waals surface area contributed by atoms with Gasteiger partial charge in [-0.3, -0.25) is 9.36 Å². The second-order valence-electron chi connectivity index (χ2n) is 10.0. The first kappa shape index (κ1) is 29.5. The van der Waals surface area contributed by atoms with Crippen LogP contribution in [0.25, 0.3) is 11.8 Å². The molecule has 0 bridgehead atoms. The lowest BCUT2D eigenvalue weighted by Gasteiger charge is -2.25. The first-order chi connectivity index (χ1) is 22.0. The Bertz CT molecular complexity index is 2060. The number of carbonyl (C=O) groups excluding carboxylic acids is 2. The van der Waals surface area contributed by atoms with Crippen molar-refractivity contribution in [3.8, 4) is 11.5 Å². The Hall–Kier alpha value is -5.54. The molecule has 8 nitrogen and oxygen atoms in total. The minimum atomic E-state index is -0.737. The van der Waals surface area contributed by atoms with E-state index in [2.05, 4.69) is 0 Å². The molecule has 1 atom stereocenters. The molecule has 2 heterocycles. The van der Waals surface area contributed by atoms with E-state index in [1.54, 1.807) is 73.2 Å². The molecule has 224 valence electrons. The van der Waals surface area contributed by atoms with Gasteiger partial charge in [-0.2, -0.15) is 0 Å². The van der Waals surface area contributed by atoms with Crippen LogP contribution in [0.2, 0.25) is 0 Å². The van der Waals surface area contributed by atoms with Crippen molar-refractivity contribution in [1.82, 2.24) is 4.57 Å². The molecule has 9 heteroatoms. The van der Waals surface area contributed by atoms with Crippen molar-refractivity contribution in [1.29, 1.82) is 0 Å². The van der Waals surface area contributed by atoms with Gasteiger partial charge in [0.05, 0.1) is 41.1 Å². The van der Waals surface area contributed by atoms with Crippen LogP contribution in [0.3, 0.4) is 0 Å². The fraction of sp³-hybridized carbons (Fsp3) is 0.111. The molecule has 4 aromatic carbocycles. The number of ether oxygens (including phenoxy) is 3. The predicted molar refractivity (Wildman–Crippen MR) is 172 cm³/mol. The van der Waals surface area contributed by atoms with Crippen molar-refractivity contribution < 1.29 is 23.8 Å². The van der Waals surface area contributed by atoms with Crippen molar-refractivity contribution in [3.05, 3.63) is 157 Å². The molecule has 0 unspecified atom stereocenters. The smallest absolute Gasteiger partial charge is 0.343 e. The van der Waals surface area contributed by atoms with E-state index in [0.29, 0.717) is 37.7 Å². The van der Waals surface area contributed by atoms with Gasteiger partial charge in [0.1, 0.15) is 11.5 Å². The lowest BCUT2D eigenvalue weighted by Crippen LogP contribution is -2.39. The Morgan fingerprint density at radius 3 is 2.13 bits per heavy atom. The zero-order chi connectivity index (χ0) is 31.3. The number of aromatic nitrogens is 1. The average molecular weight is 617 g/mol. The molecule has 0 fully saturated rings. The lowest BCUT2D eigenvalue weighted by atomic mass is 9.93. The van der Waals surface area contributed by atoms with Crippen LogP contribution in [-0.4, -0.2) is 30.2 Å². The zero-order valence-electron chi connectivity index (χ0n) is 24.5. The van der Waals surface area contributed by atoms with Crippen LogP contribution in [-0.2, 0) is 9.53 Å². The summed E-state index contributed by atoms with van der Waals surface area (Å²) in [5.41, 5.74) is 3.13. The van der Waals surface area contributed by atoms with Crippen molar-refractivity contribution in [2.45, 2.75) is 13.0 Å². The van der Waals surface area contributed by atoms with E-state index >= 15 is 0 Å². The molecule has 0 spiro atoms. The highest BCUT2D eigenvalue weighted by Crippen LogP contribution is 2.35. The third-order valence-corrected chi connectivity index (χ3v) is 8.19. The standard InChI is InChI=1S/C36H28N2O6S/c1-3-43-35(41)30-31(24-10-6-4-7-11-24)37-36-38(32(30)25-12-8-5-9-13-25)33(39)29(45-36)22-23-14-18-28(19-15-23)44-34(40)26-16-20-27(42-2)21-17-26/h4-22,32H,3H2,1-2H3/b29-22-/t32-/m0/s1. The summed E-state index contributed by atoms with van der Waals surface area (Å²) in [6, 6.07) is 31.6. The molecule has 5 aromatic rings. The molecule has 0 N–H and O–H groups in total. The number of esters is 2. The fourth-order valence-electron chi connectivity index (χ4n) is 5.07. The zero-order valence-corrected chi connectivity index (χ0v) is 25.3. The van der Waals surface area contributed by atoms with Gasteiger partial charge in [-0.05, 0) is 60.5 Å². The number of benzene rings is 4. The summed E-state index contributed by atoms with van der Waals surface area (Å²) in [5.74, 6) is -0.0102. The summed E-state index contributed by atoms with van der Waals surface area (Å²) in [5, 5.41) is 0. The number of carbonyl (C=O) groups is 2. The fourth-order valence-corrected chi connectivity index (χ4v) is 6.07. The van der Waals surface area contributed by atoms with Gasteiger partial charge < -0.3 is 14.2 Å². The van der Waals surface area contributed by atoms with E-state index in [-0.39, 0.29) is 12.2 Å². The first-order valence-corrected chi connectivity index (χ1v) is 15.1. The highest BCUT2D eigenvalue weighted by atomic mass is 32.1. The highest BCUT2D eigenvalue weighted by molar-refractivity contribution is 7.07. The normalized spacial score (nSPS) is 14.4. The number of thiazole rings is 1. The van der Waals surface area contributed by atoms with Crippen molar-refractivity contribution >= 4 is 35.0 Å². The van der Waals surface area contributed by atoms with Crippen LogP contribution in [0, 0.1) is 0 Å². The molecule has 1 aliphatic heterocycles. The number of methoxy groups -OCH3 is 1. The van der Waals surface area contributed by atoms with Crippen LogP contribution in [0.5, 0.6) is 11.5 Å². The quantitative estimate of drug-likeness (QED) is 0.177. The third kappa shape index (κ3) is 6.11. The van der Waals surface area contributed by atoms with E-state index in [9.17, 15) is 14.4 Å². The molecule has 0 radical (unpaired) electrons. The van der Waals surface area contributed by atoms with Gasteiger partial charge in [-0.15, -0.1) is 0 Å². The van der Waals surface area contributed by atoms with Crippen LogP contribution in [0.4, 0.5) is 0 Å². The summed E-state index contributed by atoms with van der Waals surface area (Å²) < 4.78 is 18.2. The van der Waals surface area contributed by atoms with Gasteiger partial charge in [0.2, 0.25) is 0 Å². The molecule has 6 rings (SSSR count). The second-order valence-corrected chi connectivity index (χ2v) is 11.0. The summed E-state index contributed by atoms with van der Waals surface area (Å²) in [6.45, 7) is 1.93. The van der Waals surface area contributed by atoms with Gasteiger partial charge in [0, 0.05) is 5.56 Å². The summed E-state index contributed by atoms with van der Waals surface area (Å²) in [4.78, 5) is 45.4. The first-order valence-electron chi connectivity index (χ1n) is 14.3. The molecule has 0 saturated heterocycles. The molecule has 45 heavy (non-hydrogen) atoms. The van der Waals surface area contributed by atoms with Gasteiger partial charge >= 0.3 is 11.9 Å². The molecule has 0 saturated carbocycles. The second kappa shape index (κ2) is 13.0. The van der Waals surface area contributed by atoms with Gasteiger partial charge in [-0.25, -0.2) is 14.6 Å². The van der Waals surface area contributed by atoms with Crippen LogP contribution < -0.4 is 24.4 Å². The lowest BCUT2D eigenvalue weighted by molar-refractivity contribution is -0.138. The molecule has 1 aliphatic rings. The number of nitrogens with zero attached hydrogens (tertiary/aromatic N) is 2. The summed E-state index contributed by atoms with van der Waals surface area (Å²) in [6.07, 6.45) is 1.76. The Labute approximate surface area is 262 Å². The maximum atomic E-state index is 14.0. The Kier molecular flexibility index (Phi) is 8.52. The number of hydrogen-bond donors (Lipinski definition) is 0. The van der Waals surface area contributed by atoms with E-state index in [0.717, 1.165) is 16.7 Å². The maximum absolute atomic E-state index is 14.0. The average Bonchev–Trinajstić information content (AvgIpc) is 3.39. The van der Waals surface area contributed by atoms with E-state index < -0.39 is 18.0 Å². The Morgan fingerprint density at radius 2 is 1.49 bits per heavy atom. The van der Waals surface area contributed by atoms with E-state index in [1.807, 2.05) is 60.7 Å². The van der Waals surface area contributed by atoms with Gasteiger partial charge in [0.25, 0.3) is 5.56 Å². The van der Waals surface area contributed by atoms with Crippen molar-refractivity contribution in [2.75, 3.05) is 13.7 Å². The maximum Gasteiger partial charge on any atom is 0.343 e. The van der Waals surface area contributed by atoms with Crippen LogP contribution >= 0.6 is 11.3 Å². The molecular formula is C36H28N2O6S. The van der Waals surface area contributed by atoms with Crippen molar-refractivity contribution in [3.63, 3.8) is 0 Å². The SMILES string of the molecule is CCOC(=O)C1=C(c2ccccc2)N=c2s/c(=C\c3ccc(OC(=O)c4ccc(OC)cc4)cc3)c(=O)n2[C@H]1c1ccccc1. The largest absolute Gasteiger partial charge is 0.497 e.